The number of nitrogens with one attached hydrogen (secondary N) is 1. The molecular weight excluding hydrogens is 262 g/mol. The third-order valence-electron chi connectivity index (χ3n) is 3.10. The molecule has 104 valence electrons. The molecule has 0 aliphatic rings. The zero-order valence-corrected chi connectivity index (χ0v) is 11.7. The monoisotopic (exact) mass is 277 g/mol. The van der Waals surface area contributed by atoms with Crippen LogP contribution in [0.15, 0.2) is 61.3 Å². The molecule has 1 aromatic carbocycles. The number of nitrogens with zero attached hydrogens (tertiary/aromatic N) is 2. The van der Waals surface area contributed by atoms with Crippen LogP contribution in [0.25, 0.3) is 16.8 Å². The van der Waals surface area contributed by atoms with E-state index in [0.717, 1.165) is 27.8 Å². The Balaban J connectivity index is 1.79. The first-order valence-corrected chi connectivity index (χ1v) is 6.61. The SMILES string of the molecule is CO/C=C/c1ccc(Nc2ccc3cnccc3c2)nc1. The molecule has 21 heavy (non-hydrogen) atoms. The van der Waals surface area contributed by atoms with Gasteiger partial charge in [-0.1, -0.05) is 6.07 Å². The smallest absolute Gasteiger partial charge is 0.130 e. The lowest BCUT2D eigenvalue weighted by molar-refractivity contribution is 0.341. The second-order valence-electron chi connectivity index (χ2n) is 4.58. The van der Waals surface area contributed by atoms with Gasteiger partial charge in [-0.15, -0.1) is 0 Å². The second-order valence-corrected chi connectivity index (χ2v) is 4.58. The van der Waals surface area contributed by atoms with E-state index in [1.807, 2.05) is 42.6 Å². The van der Waals surface area contributed by atoms with E-state index < -0.39 is 0 Å². The van der Waals surface area contributed by atoms with Crippen LogP contribution in [0.2, 0.25) is 0 Å². The van der Waals surface area contributed by atoms with Gasteiger partial charge in [0.2, 0.25) is 0 Å². The Labute approximate surface area is 123 Å². The molecule has 0 saturated heterocycles. The number of anilines is 2. The molecule has 2 heterocycles. The van der Waals surface area contributed by atoms with Gasteiger partial charge in [0.25, 0.3) is 0 Å². The number of rotatable bonds is 4. The molecule has 3 rings (SSSR count). The fraction of sp³-hybridized carbons (Fsp3) is 0.0588. The van der Waals surface area contributed by atoms with Gasteiger partial charge in [-0.2, -0.15) is 0 Å². The maximum absolute atomic E-state index is 4.88. The number of hydrogen-bond donors (Lipinski definition) is 1. The summed E-state index contributed by atoms with van der Waals surface area (Å²) in [5, 5.41) is 5.56. The number of methoxy groups -OCH3 is 1. The molecule has 1 N–H and O–H groups in total. The minimum absolute atomic E-state index is 0.804. The van der Waals surface area contributed by atoms with Crippen LogP contribution in [0.3, 0.4) is 0 Å². The highest BCUT2D eigenvalue weighted by Gasteiger charge is 1.98. The van der Waals surface area contributed by atoms with Crippen molar-refractivity contribution in [2.45, 2.75) is 0 Å². The summed E-state index contributed by atoms with van der Waals surface area (Å²) in [7, 11) is 1.62. The Kier molecular flexibility index (Phi) is 3.78. The second kappa shape index (κ2) is 6.05. The molecule has 3 aromatic rings. The van der Waals surface area contributed by atoms with Crippen LogP contribution in [0.4, 0.5) is 11.5 Å². The average molecular weight is 277 g/mol. The Hall–Kier alpha value is -2.88. The van der Waals surface area contributed by atoms with Gasteiger partial charge in [-0.05, 0) is 47.4 Å². The van der Waals surface area contributed by atoms with E-state index in [0.29, 0.717) is 0 Å². The summed E-state index contributed by atoms with van der Waals surface area (Å²) in [5.41, 5.74) is 1.99. The minimum atomic E-state index is 0.804. The normalized spacial score (nSPS) is 10.9. The summed E-state index contributed by atoms with van der Waals surface area (Å²) in [5.74, 6) is 0.804. The van der Waals surface area contributed by atoms with Gasteiger partial charge in [0.15, 0.2) is 0 Å². The molecular formula is C17H15N3O. The maximum Gasteiger partial charge on any atom is 0.130 e. The summed E-state index contributed by atoms with van der Waals surface area (Å²) in [6, 6.07) is 12.1. The van der Waals surface area contributed by atoms with Crippen molar-refractivity contribution in [3.05, 3.63) is 66.8 Å². The van der Waals surface area contributed by atoms with Gasteiger partial charge in [0, 0.05) is 29.7 Å². The summed E-state index contributed by atoms with van der Waals surface area (Å²) in [6.45, 7) is 0. The predicted molar refractivity (Wildman–Crippen MR) is 85.3 cm³/mol. The molecule has 0 aliphatic heterocycles. The molecule has 0 radical (unpaired) electrons. The molecule has 0 fully saturated rings. The standard InChI is InChI=1S/C17H15N3O/c1-21-9-7-13-2-5-17(19-11-13)20-16-4-3-15-12-18-8-6-14(15)10-16/h2-12H,1H3,(H,19,20)/b9-7+. The minimum Gasteiger partial charge on any atom is -0.504 e. The van der Waals surface area contributed by atoms with E-state index in [1.165, 1.54) is 0 Å². The van der Waals surface area contributed by atoms with E-state index in [2.05, 4.69) is 21.4 Å². The zero-order chi connectivity index (χ0) is 14.5. The first kappa shape index (κ1) is 13.1. The van der Waals surface area contributed by atoms with E-state index in [1.54, 1.807) is 25.8 Å². The lowest BCUT2D eigenvalue weighted by atomic mass is 10.1. The van der Waals surface area contributed by atoms with E-state index in [9.17, 15) is 0 Å². The van der Waals surface area contributed by atoms with Crippen LogP contribution in [0.5, 0.6) is 0 Å². The number of fused-ring (bicyclic) bond motifs is 1. The van der Waals surface area contributed by atoms with Gasteiger partial charge < -0.3 is 10.1 Å². The molecule has 0 saturated carbocycles. The highest BCUT2D eigenvalue weighted by Crippen LogP contribution is 2.21. The van der Waals surface area contributed by atoms with Crippen molar-refractivity contribution in [2.24, 2.45) is 0 Å². The summed E-state index contributed by atoms with van der Waals surface area (Å²) in [4.78, 5) is 8.49. The number of aromatic nitrogens is 2. The van der Waals surface area contributed by atoms with Crippen LogP contribution >= 0.6 is 0 Å². The third-order valence-corrected chi connectivity index (χ3v) is 3.10. The lowest BCUT2D eigenvalue weighted by Gasteiger charge is -2.07. The summed E-state index contributed by atoms with van der Waals surface area (Å²) < 4.78 is 4.88. The largest absolute Gasteiger partial charge is 0.504 e. The third kappa shape index (κ3) is 3.17. The molecule has 0 unspecified atom stereocenters. The first-order chi connectivity index (χ1) is 10.3. The topological polar surface area (TPSA) is 47.0 Å². The Morgan fingerprint density at radius 3 is 2.81 bits per heavy atom. The molecule has 2 aromatic heterocycles. The van der Waals surface area contributed by atoms with Crippen molar-refractivity contribution < 1.29 is 4.74 Å². The van der Waals surface area contributed by atoms with Gasteiger partial charge >= 0.3 is 0 Å². The van der Waals surface area contributed by atoms with Gasteiger partial charge in [0.1, 0.15) is 5.82 Å². The fourth-order valence-corrected chi connectivity index (χ4v) is 2.03. The highest BCUT2D eigenvalue weighted by molar-refractivity contribution is 5.85. The van der Waals surface area contributed by atoms with Gasteiger partial charge in [-0.25, -0.2) is 4.98 Å². The van der Waals surface area contributed by atoms with Crippen molar-refractivity contribution in [3.8, 4) is 0 Å². The van der Waals surface area contributed by atoms with Gasteiger partial charge in [0.05, 0.1) is 13.4 Å². The van der Waals surface area contributed by atoms with Crippen LogP contribution in [0.1, 0.15) is 5.56 Å². The molecule has 0 bridgehead atoms. The summed E-state index contributed by atoms with van der Waals surface area (Å²) in [6.07, 6.45) is 8.93. The van der Waals surface area contributed by atoms with Crippen LogP contribution < -0.4 is 5.32 Å². The number of pyridine rings is 2. The van der Waals surface area contributed by atoms with E-state index >= 15 is 0 Å². The highest BCUT2D eigenvalue weighted by atomic mass is 16.5. The van der Waals surface area contributed by atoms with Crippen LogP contribution in [0, 0.1) is 0 Å². The molecule has 0 spiro atoms. The van der Waals surface area contributed by atoms with Crippen molar-refractivity contribution in [3.63, 3.8) is 0 Å². The van der Waals surface area contributed by atoms with Crippen LogP contribution in [-0.2, 0) is 4.74 Å². The average Bonchev–Trinajstić information content (AvgIpc) is 2.54. The molecule has 4 nitrogen and oxygen atoms in total. The Morgan fingerprint density at radius 1 is 1.05 bits per heavy atom. The van der Waals surface area contributed by atoms with Crippen molar-refractivity contribution in [1.29, 1.82) is 0 Å². The van der Waals surface area contributed by atoms with E-state index in [4.69, 9.17) is 4.74 Å². The Morgan fingerprint density at radius 2 is 2.00 bits per heavy atom. The molecule has 0 amide bonds. The number of benzene rings is 1. The molecule has 0 atom stereocenters. The summed E-state index contributed by atoms with van der Waals surface area (Å²) >= 11 is 0. The molecule has 0 aliphatic carbocycles. The quantitative estimate of drug-likeness (QED) is 0.732. The van der Waals surface area contributed by atoms with Crippen molar-refractivity contribution in [1.82, 2.24) is 9.97 Å². The number of hydrogen-bond acceptors (Lipinski definition) is 4. The van der Waals surface area contributed by atoms with E-state index in [-0.39, 0.29) is 0 Å². The van der Waals surface area contributed by atoms with Crippen molar-refractivity contribution in [2.75, 3.05) is 12.4 Å². The lowest BCUT2D eigenvalue weighted by Crippen LogP contribution is -1.93. The fourth-order valence-electron chi connectivity index (χ4n) is 2.03. The van der Waals surface area contributed by atoms with Crippen LogP contribution in [-0.4, -0.2) is 17.1 Å². The zero-order valence-electron chi connectivity index (χ0n) is 11.7. The van der Waals surface area contributed by atoms with Crippen molar-refractivity contribution >= 4 is 28.4 Å². The first-order valence-electron chi connectivity index (χ1n) is 6.61. The Bertz CT molecular complexity index is 766. The number of ether oxygens (including phenoxy) is 1. The molecule has 4 heteroatoms. The predicted octanol–water partition coefficient (Wildman–Crippen LogP) is 3.99. The van der Waals surface area contributed by atoms with Gasteiger partial charge in [-0.3, -0.25) is 4.98 Å². The maximum atomic E-state index is 4.88.